The van der Waals surface area contributed by atoms with Crippen LogP contribution in [0.25, 0.3) is 0 Å². The summed E-state index contributed by atoms with van der Waals surface area (Å²) in [6, 6.07) is 9.87. The molecule has 1 aliphatic rings. The first kappa shape index (κ1) is 16.3. The van der Waals surface area contributed by atoms with E-state index in [1.54, 1.807) is 13.0 Å². The normalized spacial score (nSPS) is 15.3. The predicted octanol–water partition coefficient (Wildman–Crippen LogP) is 1.79. The molecule has 1 saturated heterocycles. The van der Waals surface area contributed by atoms with Crippen LogP contribution >= 0.6 is 0 Å². The lowest BCUT2D eigenvalue weighted by Crippen LogP contribution is -2.44. The zero-order chi connectivity index (χ0) is 16.9. The van der Waals surface area contributed by atoms with Crippen LogP contribution in [0.3, 0.4) is 0 Å². The summed E-state index contributed by atoms with van der Waals surface area (Å²) in [6.07, 6.45) is 0. The Labute approximate surface area is 141 Å². The molecule has 3 rings (SSSR count). The van der Waals surface area contributed by atoms with Gasteiger partial charge in [0.15, 0.2) is 5.82 Å². The number of rotatable bonds is 5. The molecule has 0 saturated carbocycles. The Kier molecular flexibility index (Phi) is 5.00. The highest BCUT2D eigenvalue weighted by Gasteiger charge is 2.14. The topological polar surface area (TPSA) is 73.6 Å². The molecule has 24 heavy (non-hydrogen) atoms. The number of aryl methyl sites for hydroxylation is 1. The molecule has 0 spiro atoms. The average molecular weight is 329 g/mol. The molecule has 1 amide bonds. The quantitative estimate of drug-likeness (QED) is 0.871. The largest absolute Gasteiger partial charge is 0.376 e. The van der Waals surface area contributed by atoms with Crippen LogP contribution in [-0.4, -0.2) is 55.7 Å². The Morgan fingerprint density at radius 1 is 1.21 bits per heavy atom. The molecule has 1 fully saturated rings. The van der Waals surface area contributed by atoms with Crippen LogP contribution in [0, 0.1) is 6.92 Å². The maximum atomic E-state index is 11.9. The van der Waals surface area contributed by atoms with Crippen molar-refractivity contribution in [3.63, 3.8) is 0 Å². The number of carbonyl (C=O) groups excluding carboxylic acids is 1. The van der Waals surface area contributed by atoms with Crippen molar-refractivity contribution in [2.75, 3.05) is 55.3 Å². The highest BCUT2D eigenvalue weighted by atomic mass is 16.5. The Morgan fingerprint density at radius 3 is 2.54 bits per heavy atom. The van der Waals surface area contributed by atoms with E-state index in [9.17, 15) is 4.79 Å². The van der Waals surface area contributed by atoms with Crippen molar-refractivity contribution in [3.8, 4) is 0 Å². The fraction of sp³-hybridized carbons (Fsp3) is 0.412. The summed E-state index contributed by atoms with van der Waals surface area (Å²) in [5.74, 6) is 0.939. The van der Waals surface area contributed by atoms with Crippen LogP contribution in [0.1, 0.15) is 5.76 Å². The summed E-state index contributed by atoms with van der Waals surface area (Å²) in [5.41, 5.74) is 2.13. The first-order chi connectivity index (χ1) is 11.6. The van der Waals surface area contributed by atoms with E-state index in [2.05, 4.69) is 44.8 Å². The second kappa shape index (κ2) is 7.35. The van der Waals surface area contributed by atoms with Crippen molar-refractivity contribution < 1.29 is 9.32 Å². The minimum Gasteiger partial charge on any atom is -0.376 e. The van der Waals surface area contributed by atoms with Crippen LogP contribution in [0.5, 0.6) is 0 Å². The van der Waals surface area contributed by atoms with Gasteiger partial charge in [0.25, 0.3) is 0 Å². The molecule has 0 unspecified atom stereocenters. The molecule has 0 atom stereocenters. The van der Waals surface area contributed by atoms with Crippen molar-refractivity contribution in [1.29, 1.82) is 0 Å². The number of carbonyl (C=O) groups is 1. The van der Waals surface area contributed by atoms with Gasteiger partial charge in [-0.25, -0.2) is 0 Å². The monoisotopic (exact) mass is 329 g/mol. The molecule has 128 valence electrons. The minimum absolute atomic E-state index is 0.161. The Morgan fingerprint density at radius 2 is 1.92 bits per heavy atom. The van der Waals surface area contributed by atoms with E-state index in [1.807, 2.05) is 12.1 Å². The van der Waals surface area contributed by atoms with Gasteiger partial charge in [0.2, 0.25) is 5.91 Å². The van der Waals surface area contributed by atoms with E-state index >= 15 is 0 Å². The van der Waals surface area contributed by atoms with E-state index in [1.165, 1.54) is 5.69 Å². The van der Waals surface area contributed by atoms with Gasteiger partial charge in [-0.3, -0.25) is 4.79 Å². The fourth-order valence-electron chi connectivity index (χ4n) is 2.65. The number of hydrogen-bond acceptors (Lipinski definition) is 6. The second-order valence-electron chi connectivity index (χ2n) is 6.06. The summed E-state index contributed by atoms with van der Waals surface area (Å²) >= 11 is 0. The van der Waals surface area contributed by atoms with Crippen LogP contribution in [0.15, 0.2) is 34.9 Å². The highest BCUT2D eigenvalue weighted by molar-refractivity contribution is 5.92. The standard InChI is InChI=1S/C17H23N5O2/c1-13-11-16(20-24-13)19-17(23)12-18-14-3-5-15(6-4-14)22-9-7-21(2)8-10-22/h3-6,11,18H,7-10,12H2,1-2H3,(H,19,20,23). The van der Waals surface area contributed by atoms with Gasteiger partial charge in [-0.1, -0.05) is 5.16 Å². The third-order valence-electron chi connectivity index (χ3n) is 4.08. The molecule has 7 heteroatoms. The van der Waals surface area contributed by atoms with Crippen molar-refractivity contribution in [2.24, 2.45) is 0 Å². The third-order valence-corrected chi connectivity index (χ3v) is 4.08. The lowest BCUT2D eigenvalue weighted by Gasteiger charge is -2.34. The van der Waals surface area contributed by atoms with Gasteiger partial charge in [-0.2, -0.15) is 0 Å². The number of hydrogen-bond donors (Lipinski definition) is 2. The summed E-state index contributed by atoms with van der Waals surface area (Å²) in [6.45, 7) is 6.22. The van der Waals surface area contributed by atoms with Gasteiger partial charge >= 0.3 is 0 Å². The van der Waals surface area contributed by atoms with E-state index in [4.69, 9.17) is 4.52 Å². The second-order valence-corrected chi connectivity index (χ2v) is 6.06. The van der Waals surface area contributed by atoms with Gasteiger partial charge < -0.3 is 25.0 Å². The molecule has 0 bridgehead atoms. The smallest absolute Gasteiger partial charge is 0.244 e. The number of anilines is 3. The summed E-state index contributed by atoms with van der Waals surface area (Å²) in [7, 11) is 2.15. The molecular formula is C17H23N5O2. The lowest BCUT2D eigenvalue weighted by atomic mass is 10.2. The van der Waals surface area contributed by atoms with Crippen LogP contribution in [-0.2, 0) is 4.79 Å². The van der Waals surface area contributed by atoms with Crippen LogP contribution in [0.4, 0.5) is 17.2 Å². The van der Waals surface area contributed by atoms with Crippen LogP contribution < -0.4 is 15.5 Å². The molecule has 1 aliphatic heterocycles. The zero-order valence-electron chi connectivity index (χ0n) is 14.1. The molecule has 1 aromatic carbocycles. The van der Waals surface area contributed by atoms with E-state index < -0.39 is 0 Å². The molecule has 2 heterocycles. The van der Waals surface area contributed by atoms with E-state index in [0.29, 0.717) is 11.6 Å². The molecule has 2 aromatic rings. The number of aromatic nitrogens is 1. The van der Waals surface area contributed by atoms with Crippen molar-refractivity contribution in [1.82, 2.24) is 10.1 Å². The number of benzene rings is 1. The molecular weight excluding hydrogens is 306 g/mol. The van der Waals surface area contributed by atoms with Gasteiger partial charge in [-0.05, 0) is 38.2 Å². The highest BCUT2D eigenvalue weighted by Crippen LogP contribution is 2.19. The molecule has 7 nitrogen and oxygen atoms in total. The number of amides is 1. The summed E-state index contributed by atoms with van der Waals surface area (Å²) in [5, 5.41) is 9.53. The third kappa shape index (κ3) is 4.26. The molecule has 0 radical (unpaired) electrons. The molecule has 1 aromatic heterocycles. The van der Waals surface area contributed by atoms with Crippen molar-refractivity contribution in [3.05, 3.63) is 36.1 Å². The Balaban J connectivity index is 1.48. The summed E-state index contributed by atoms with van der Waals surface area (Å²) in [4.78, 5) is 16.6. The van der Waals surface area contributed by atoms with E-state index in [-0.39, 0.29) is 12.5 Å². The maximum absolute atomic E-state index is 11.9. The molecule has 0 aliphatic carbocycles. The Bertz CT molecular complexity index is 675. The number of nitrogens with one attached hydrogen (secondary N) is 2. The van der Waals surface area contributed by atoms with Crippen LogP contribution in [0.2, 0.25) is 0 Å². The van der Waals surface area contributed by atoms with Crippen molar-refractivity contribution in [2.45, 2.75) is 6.92 Å². The zero-order valence-corrected chi connectivity index (χ0v) is 14.1. The van der Waals surface area contributed by atoms with Gasteiger partial charge in [0.05, 0.1) is 6.54 Å². The number of likely N-dealkylation sites (N-methyl/N-ethyl adjacent to an activating group) is 1. The molecule has 2 N–H and O–H groups in total. The first-order valence-corrected chi connectivity index (χ1v) is 8.11. The summed E-state index contributed by atoms with van der Waals surface area (Å²) < 4.78 is 4.91. The predicted molar refractivity (Wildman–Crippen MR) is 94.5 cm³/mol. The Hall–Kier alpha value is -2.54. The minimum atomic E-state index is -0.161. The van der Waals surface area contributed by atoms with E-state index in [0.717, 1.165) is 31.9 Å². The first-order valence-electron chi connectivity index (χ1n) is 8.11. The van der Waals surface area contributed by atoms with Gasteiger partial charge in [-0.15, -0.1) is 0 Å². The lowest BCUT2D eigenvalue weighted by molar-refractivity contribution is -0.114. The average Bonchev–Trinajstić information content (AvgIpc) is 2.99. The van der Waals surface area contributed by atoms with Crippen molar-refractivity contribution >= 4 is 23.1 Å². The fourth-order valence-corrected chi connectivity index (χ4v) is 2.65. The van der Waals surface area contributed by atoms with Gasteiger partial charge in [0, 0.05) is 43.6 Å². The van der Waals surface area contributed by atoms with Gasteiger partial charge in [0.1, 0.15) is 5.76 Å². The number of piperazine rings is 1. The maximum Gasteiger partial charge on any atom is 0.244 e. The number of nitrogens with zero attached hydrogens (tertiary/aromatic N) is 3. The SMILES string of the molecule is Cc1cc(NC(=O)CNc2ccc(N3CCN(C)CC3)cc2)no1.